The molecule has 49 nitrogen and oxygen atoms in total. The number of aromatic nitrogens is 12. The summed E-state index contributed by atoms with van der Waals surface area (Å²) in [5.74, 6) is -3.14. The smallest absolute Gasteiger partial charge is 0.472 e. The van der Waals surface area contributed by atoms with Crippen molar-refractivity contribution in [3.63, 3.8) is 0 Å². The number of carbonyl (C=O) groups is 4. The molecule has 4 aliphatic rings. The zero-order valence-corrected chi connectivity index (χ0v) is 75.6. The molecule has 0 saturated carbocycles. The van der Waals surface area contributed by atoms with Crippen LogP contribution in [0.3, 0.4) is 0 Å². The number of anilines is 4. The molecular weight excluding hydrogens is 1860 g/mol. The molecule has 0 amide bonds. The molecule has 4 saturated heterocycles. The number of nitrogens with one attached hydrogen (secondary N) is 2. The average molecular weight is 1970 g/mol. The van der Waals surface area contributed by atoms with E-state index in [1.165, 1.54) is 46.3 Å². The van der Waals surface area contributed by atoms with Gasteiger partial charge >= 0.3 is 39.0 Å². The number of nitrogen functional groups attached to an aromatic ring is 4. The zero-order valence-electron chi connectivity index (χ0n) is 70.4. The molecule has 2 aromatic carbocycles. The molecule has 8 aromatic rings. The lowest BCUT2D eigenvalue weighted by Crippen LogP contribution is -2.42. The number of hydrogen-bond acceptors (Lipinski definition) is 41. The van der Waals surface area contributed by atoms with Gasteiger partial charge in [-0.2, -0.15) is 9.97 Å². The first-order valence-electron chi connectivity index (χ1n) is 40.3. The average Bonchev–Trinajstić information content (AvgIpc) is 1.67. The number of esters is 2. The fourth-order valence-corrected chi connectivity index (χ4v) is 16.9. The monoisotopic (exact) mass is 1960 g/mol. The number of carbonyl (C=O) groups excluding carboxylic acids is 4. The Balaban J connectivity index is 0.000000308. The number of phosphoric acid groups is 4. The summed E-state index contributed by atoms with van der Waals surface area (Å²) in [5.41, 5.74) is 23.7. The number of rotatable bonds is 42. The molecule has 132 heavy (non-hydrogen) atoms. The van der Waals surface area contributed by atoms with Crippen LogP contribution in [0.4, 0.5) is 23.3 Å². The number of benzene rings is 2. The molecule has 4 aliphatic heterocycles. The van der Waals surface area contributed by atoms with Gasteiger partial charge in [0.05, 0.1) is 49.1 Å². The molecule has 10 heterocycles. The maximum Gasteiger partial charge on any atom is 0.472 e. The van der Waals surface area contributed by atoms with E-state index in [9.17, 15) is 86.6 Å². The molecule has 20 atom stereocenters. The first-order chi connectivity index (χ1) is 62.2. The van der Waals surface area contributed by atoms with Crippen LogP contribution in [0.1, 0.15) is 116 Å². The van der Waals surface area contributed by atoms with Crippen LogP contribution in [-0.4, -0.2) is 234 Å². The van der Waals surface area contributed by atoms with Crippen molar-refractivity contribution in [2.75, 3.05) is 69.1 Å². The minimum atomic E-state index is -5.32. The standard InChI is InChI=1S/2C36H45N9O15P2S.C2H6O.C2H6.CH4/c2*1-2-3-9-22(46)13-21(12-20-7-5-4-6-8-20)34(63)39-15-28(47)59-31-25(58-35(30(31)48)45-19-42-29-32(38)40-18-41-33(29)45)17-56-62(53,54)60-23-14-27(44-11-10-26(37)43-36(44)49)57-24(23)16-55-61(50,51)52;1-2-3;1-2;/h2*2,4-8,10-11,18-19,21,23-25,27,30-31,35,48H,1,3,9,12-17H2,(H,39,63)(H,53,54)(H2,37,43,49)(H2,38,40,41)(H2,50,51,52);3H,2H2,1H3;1-2H3;1H4/p-2/t2*21-,23?,24-,25-,27-,30+,31?,35-;;;/m11.../s1. The normalized spacial score (nSPS) is 23.7. The maximum absolute atomic E-state index is 13.5. The van der Waals surface area contributed by atoms with Gasteiger partial charge in [-0.1, -0.05) is 119 Å². The molecule has 6 aromatic heterocycles. The Hall–Kier alpha value is -9.80. The Labute approximate surface area is 764 Å². The van der Waals surface area contributed by atoms with E-state index in [-0.39, 0.29) is 120 Å². The molecular formula is C77H104N18O31P4S2-2. The SMILES string of the molecule is C.C=CCCC(=O)C[C@@H](Cc1ccccc1)C(=S)NCC(=O)OC1[C@@H](COP(=O)(O)OC2C[C@H](n3ccc(N)nc3=O)O[C@@H]2COP(=O)([O-])O)O[C@@H](n2cnc3c(N)ncnc32)[C@H]1O.C=CCCC(=O)C[C@@H](Cc1ccccc1)C(=S)NCC(=O)OC1[C@@H](COP(=O)(O)OC2C[C@H](n3ccc(N)nc3=O)O[C@@H]2COP(=O)([O-])O)O[C@@H](n2cnc3c(N)ncnc32)[C@H]1O.CC.CCO. The third-order valence-electron chi connectivity index (χ3n) is 19.7. The van der Waals surface area contributed by atoms with Crippen LogP contribution in [0.15, 0.2) is 145 Å². The van der Waals surface area contributed by atoms with Gasteiger partial charge in [0.25, 0.3) is 15.6 Å². The van der Waals surface area contributed by atoms with Crippen molar-refractivity contribution in [2.24, 2.45) is 11.8 Å². The molecule has 0 bridgehead atoms. The fourth-order valence-electron chi connectivity index (χ4n) is 13.8. The Bertz CT molecular complexity index is 5240. The number of aliphatic hydroxyl groups excluding tert-OH is 3. The lowest BCUT2D eigenvalue weighted by Gasteiger charge is -2.25. The third-order valence-corrected chi connectivity index (χ3v) is 23.6. The first-order valence-corrected chi connectivity index (χ1v) is 47.1. The molecule has 55 heteroatoms. The summed E-state index contributed by atoms with van der Waals surface area (Å²) in [6, 6.07) is 21.2. The largest absolute Gasteiger partial charge is 0.756 e. The Kier molecular flexibility index (Phi) is 40.7. The highest BCUT2D eigenvalue weighted by atomic mass is 32.1. The number of nitrogens with zero attached hydrogens (tertiary/aromatic N) is 12. The molecule has 0 radical (unpaired) electrons. The van der Waals surface area contributed by atoms with Gasteiger partial charge in [0.2, 0.25) is 0 Å². The summed E-state index contributed by atoms with van der Waals surface area (Å²) in [6.07, 6.45) is -8.45. The molecule has 4 fully saturated rings. The first kappa shape index (κ1) is 108. The van der Waals surface area contributed by atoms with Gasteiger partial charge < -0.3 is 116 Å². The van der Waals surface area contributed by atoms with E-state index in [0.717, 1.165) is 32.9 Å². The van der Waals surface area contributed by atoms with Gasteiger partial charge in [-0.3, -0.25) is 64.7 Å². The van der Waals surface area contributed by atoms with Crippen LogP contribution in [0.2, 0.25) is 0 Å². The number of nitrogens with two attached hydrogens (primary N) is 4. The summed E-state index contributed by atoms with van der Waals surface area (Å²) in [6.45, 7) is 8.66. The maximum atomic E-state index is 13.5. The van der Waals surface area contributed by atoms with Crippen molar-refractivity contribution < 1.29 is 138 Å². The number of Topliss-reactive ketones (excluding diaryl/α,β-unsaturated/α-hetero) is 2. The van der Waals surface area contributed by atoms with Gasteiger partial charge in [-0.05, 0) is 55.9 Å². The summed E-state index contributed by atoms with van der Waals surface area (Å²) >= 11 is 11.3. The summed E-state index contributed by atoms with van der Waals surface area (Å²) in [5, 5.41) is 36.5. The lowest BCUT2D eigenvalue weighted by atomic mass is 9.92. The number of hydrogen-bond donors (Lipinski definition) is 13. The number of ketones is 2. The quantitative estimate of drug-likeness (QED) is 0.0113. The van der Waals surface area contributed by atoms with Crippen molar-refractivity contribution in [3.8, 4) is 0 Å². The molecule has 8 unspecified atom stereocenters. The van der Waals surface area contributed by atoms with E-state index in [4.69, 9.17) is 99.0 Å². The topological polar surface area (TPSA) is 720 Å². The molecule has 12 rings (SSSR count). The predicted octanol–water partition coefficient (Wildman–Crippen LogP) is 2.43. The van der Waals surface area contributed by atoms with Crippen molar-refractivity contribution in [1.82, 2.24) is 68.8 Å². The van der Waals surface area contributed by atoms with Crippen LogP contribution >= 0.6 is 55.7 Å². The number of allylic oxidation sites excluding steroid dienone is 2. The van der Waals surface area contributed by atoms with Gasteiger partial charge in [0, 0.05) is 69.4 Å². The van der Waals surface area contributed by atoms with Gasteiger partial charge in [0.15, 0.2) is 47.6 Å². The minimum absolute atomic E-state index is 0. The van der Waals surface area contributed by atoms with Crippen molar-refractivity contribution in [2.45, 2.75) is 178 Å². The van der Waals surface area contributed by atoms with Crippen LogP contribution in [0.25, 0.3) is 22.3 Å². The van der Waals surface area contributed by atoms with Crippen LogP contribution < -0.4 is 54.7 Å². The number of fused-ring (bicyclic) bond motifs is 2. The highest BCUT2D eigenvalue weighted by Gasteiger charge is 2.52. The lowest BCUT2D eigenvalue weighted by molar-refractivity contribution is -0.224. The molecule has 722 valence electrons. The highest BCUT2D eigenvalue weighted by molar-refractivity contribution is 7.80. The van der Waals surface area contributed by atoms with E-state index in [2.05, 4.69) is 72.7 Å². The van der Waals surface area contributed by atoms with Crippen LogP contribution in [-0.2, 0) is 106 Å². The predicted molar refractivity (Wildman–Crippen MR) is 472 cm³/mol. The fraction of sp³-hybridized carbons (Fsp3) is 0.481. The highest BCUT2D eigenvalue weighted by Crippen LogP contribution is 2.52. The molecule has 0 spiro atoms. The second-order valence-corrected chi connectivity index (χ2v) is 35.1. The Morgan fingerprint density at radius 1 is 0.561 bits per heavy atom. The zero-order chi connectivity index (χ0) is 95.7. The molecule has 0 aliphatic carbocycles. The second kappa shape index (κ2) is 50.0. The Morgan fingerprint density at radius 2 is 0.917 bits per heavy atom. The van der Waals surface area contributed by atoms with Crippen molar-refractivity contribution in [3.05, 3.63) is 168 Å². The van der Waals surface area contributed by atoms with E-state index in [1.807, 2.05) is 74.5 Å². The Morgan fingerprint density at radius 3 is 1.26 bits per heavy atom. The summed E-state index contributed by atoms with van der Waals surface area (Å²) < 4.78 is 119. The molecule has 17 N–H and O–H groups in total. The van der Waals surface area contributed by atoms with Crippen LogP contribution in [0.5, 0.6) is 0 Å². The summed E-state index contributed by atoms with van der Waals surface area (Å²) in [7, 11) is -21.1. The van der Waals surface area contributed by atoms with E-state index in [1.54, 1.807) is 19.1 Å². The van der Waals surface area contributed by atoms with Crippen LogP contribution in [0, 0.1) is 11.8 Å². The summed E-state index contributed by atoms with van der Waals surface area (Å²) in [4.78, 5) is 173. The van der Waals surface area contributed by atoms with Gasteiger partial charge in [-0.25, -0.2) is 48.6 Å². The minimum Gasteiger partial charge on any atom is -0.756 e. The number of ether oxygens (including phenoxy) is 6. The van der Waals surface area contributed by atoms with Gasteiger partial charge in [-0.15, -0.1) is 13.2 Å². The van der Waals surface area contributed by atoms with Crippen molar-refractivity contribution >= 4 is 135 Å². The number of phosphoric ester groups is 4. The number of imidazole rings is 2. The van der Waals surface area contributed by atoms with E-state index < -0.39 is 192 Å². The number of thiocarbonyl (C=S) groups is 2. The van der Waals surface area contributed by atoms with Gasteiger partial charge in [0.1, 0.15) is 121 Å². The third kappa shape index (κ3) is 31.1. The second-order valence-electron chi connectivity index (χ2n) is 29.0. The van der Waals surface area contributed by atoms with E-state index in [0.29, 0.717) is 25.7 Å². The van der Waals surface area contributed by atoms with Crippen molar-refractivity contribution in [1.29, 1.82) is 0 Å². The number of aliphatic hydroxyl groups is 3. The van der Waals surface area contributed by atoms with E-state index >= 15 is 0 Å².